The Hall–Kier alpha value is -2.90. The smallest absolute Gasteiger partial charge is 0.246 e. The zero-order valence-electron chi connectivity index (χ0n) is 25.1. The Morgan fingerprint density at radius 1 is 1.12 bits per heavy atom. The second-order valence-corrected chi connectivity index (χ2v) is 12.5. The third kappa shape index (κ3) is 9.30. The van der Waals surface area contributed by atoms with Crippen molar-refractivity contribution in [3.05, 3.63) is 41.0 Å². The van der Waals surface area contributed by atoms with Gasteiger partial charge in [0.15, 0.2) is 0 Å². The minimum absolute atomic E-state index is 0.000981. The molecule has 0 radical (unpaired) electrons. The van der Waals surface area contributed by atoms with Gasteiger partial charge in [-0.25, -0.2) is 4.98 Å². The van der Waals surface area contributed by atoms with E-state index in [4.69, 9.17) is 14.6 Å². The van der Waals surface area contributed by atoms with Crippen molar-refractivity contribution in [1.29, 1.82) is 0 Å². The number of carbonyl (C=O) groups is 3. The largest absolute Gasteiger partial charge is 0.394 e. The maximum absolute atomic E-state index is 13.7. The van der Waals surface area contributed by atoms with Crippen LogP contribution in [0, 0.1) is 12.3 Å². The summed E-state index contributed by atoms with van der Waals surface area (Å²) < 4.78 is 10.6. The summed E-state index contributed by atoms with van der Waals surface area (Å²) in [6, 6.07) is 5.79. The summed E-state index contributed by atoms with van der Waals surface area (Å²) in [5.74, 6) is -1.24. The van der Waals surface area contributed by atoms with Gasteiger partial charge < -0.3 is 35.2 Å². The number of aryl methyl sites for hydroxylation is 1. The number of aliphatic hydroxyl groups is 2. The van der Waals surface area contributed by atoms with Gasteiger partial charge in [-0.2, -0.15) is 0 Å². The molecule has 2 heterocycles. The summed E-state index contributed by atoms with van der Waals surface area (Å²) in [5, 5.41) is 24.9. The number of β-amino-alcohol motifs (C(OH)–C–C–N with tert-alkyl or cyclic N) is 1. The lowest BCUT2D eigenvalue weighted by Gasteiger charge is -2.35. The van der Waals surface area contributed by atoms with E-state index in [-0.39, 0.29) is 44.7 Å². The first kappa shape index (κ1) is 33.6. The van der Waals surface area contributed by atoms with Gasteiger partial charge in [0.2, 0.25) is 17.7 Å². The highest BCUT2D eigenvalue weighted by molar-refractivity contribution is 7.13. The van der Waals surface area contributed by atoms with Gasteiger partial charge in [-0.3, -0.25) is 14.4 Å². The molecule has 1 aromatic carbocycles. The maximum atomic E-state index is 13.7. The molecule has 1 aliphatic rings. The van der Waals surface area contributed by atoms with Crippen LogP contribution in [0.3, 0.4) is 0 Å². The predicted octanol–water partition coefficient (Wildman–Crippen LogP) is 2.20. The minimum atomic E-state index is -0.928. The highest BCUT2D eigenvalue weighted by Gasteiger charge is 2.44. The molecule has 3 amide bonds. The zero-order valence-corrected chi connectivity index (χ0v) is 25.9. The zero-order chi connectivity index (χ0) is 30.9. The van der Waals surface area contributed by atoms with Crippen LogP contribution < -0.4 is 10.6 Å². The number of carbonyl (C=O) groups excluding carboxylic acids is 3. The Kier molecular flexibility index (Phi) is 12.4. The first-order valence-corrected chi connectivity index (χ1v) is 15.1. The SMILES string of the molecule is Cc1ncsc1-c1ccc(C(C)NC(=O)C2CC(O)CN2C(=O)C(NC(=O)COCCCOCCO)C(C)(C)C)cc1. The third-order valence-corrected chi connectivity index (χ3v) is 8.08. The van der Waals surface area contributed by atoms with Crippen molar-refractivity contribution in [3.8, 4) is 10.4 Å². The average Bonchev–Trinajstić information content (AvgIpc) is 3.55. The second-order valence-electron chi connectivity index (χ2n) is 11.6. The van der Waals surface area contributed by atoms with Crippen LogP contribution in [-0.4, -0.2) is 95.6 Å². The molecule has 12 heteroatoms. The highest BCUT2D eigenvalue weighted by atomic mass is 32.1. The number of hydrogen-bond acceptors (Lipinski definition) is 9. The van der Waals surface area contributed by atoms with Crippen LogP contribution in [0.2, 0.25) is 0 Å². The Labute approximate surface area is 251 Å². The molecule has 0 saturated carbocycles. The van der Waals surface area contributed by atoms with E-state index >= 15 is 0 Å². The van der Waals surface area contributed by atoms with Crippen molar-refractivity contribution >= 4 is 29.1 Å². The lowest BCUT2D eigenvalue weighted by atomic mass is 9.85. The van der Waals surface area contributed by atoms with Gasteiger partial charge in [0, 0.05) is 26.2 Å². The van der Waals surface area contributed by atoms with E-state index in [1.54, 1.807) is 11.3 Å². The first-order valence-electron chi connectivity index (χ1n) is 14.3. The van der Waals surface area contributed by atoms with Crippen molar-refractivity contribution in [3.63, 3.8) is 0 Å². The summed E-state index contributed by atoms with van der Waals surface area (Å²) >= 11 is 1.58. The fourth-order valence-electron chi connectivity index (χ4n) is 4.81. The molecule has 3 rings (SSSR count). The average molecular weight is 605 g/mol. The molecule has 4 unspecified atom stereocenters. The Morgan fingerprint density at radius 2 is 1.81 bits per heavy atom. The number of nitrogens with one attached hydrogen (secondary N) is 2. The number of likely N-dealkylation sites (tertiary alicyclic amines) is 1. The van der Waals surface area contributed by atoms with Crippen molar-refractivity contribution in [2.45, 2.75) is 71.7 Å². The van der Waals surface area contributed by atoms with Crippen LogP contribution in [-0.2, 0) is 23.9 Å². The number of hydrogen-bond donors (Lipinski definition) is 4. The number of ether oxygens (including phenoxy) is 2. The maximum Gasteiger partial charge on any atom is 0.246 e. The summed E-state index contributed by atoms with van der Waals surface area (Å²) in [5.41, 5.74) is 4.08. The molecule has 4 atom stereocenters. The van der Waals surface area contributed by atoms with Gasteiger partial charge in [-0.15, -0.1) is 11.3 Å². The van der Waals surface area contributed by atoms with Crippen molar-refractivity contribution in [1.82, 2.24) is 20.5 Å². The van der Waals surface area contributed by atoms with Gasteiger partial charge in [-0.1, -0.05) is 45.0 Å². The Morgan fingerprint density at radius 3 is 2.43 bits per heavy atom. The van der Waals surface area contributed by atoms with Crippen LogP contribution >= 0.6 is 11.3 Å². The minimum Gasteiger partial charge on any atom is -0.394 e. The molecular weight excluding hydrogens is 560 g/mol. The first-order chi connectivity index (χ1) is 19.9. The van der Waals surface area contributed by atoms with E-state index < -0.39 is 35.4 Å². The number of rotatable bonds is 14. The van der Waals surface area contributed by atoms with E-state index in [2.05, 4.69) is 15.6 Å². The fourth-order valence-corrected chi connectivity index (χ4v) is 5.62. The molecule has 11 nitrogen and oxygen atoms in total. The number of nitrogens with zero attached hydrogens (tertiary/aromatic N) is 2. The molecule has 1 aliphatic heterocycles. The summed E-state index contributed by atoms with van der Waals surface area (Å²) in [6.07, 6.45) is -0.180. The van der Waals surface area contributed by atoms with E-state index in [1.165, 1.54) is 4.90 Å². The lowest BCUT2D eigenvalue weighted by Crippen LogP contribution is -2.58. The third-order valence-electron chi connectivity index (χ3n) is 7.11. The molecule has 2 aromatic rings. The second kappa shape index (κ2) is 15.5. The lowest BCUT2D eigenvalue weighted by molar-refractivity contribution is -0.144. The Bertz CT molecular complexity index is 1180. The van der Waals surface area contributed by atoms with Crippen molar-refractivity contribution in [2.75, 3.05) is 39.6 Å². The highest BCUT2D eigenvalue weighted by Crippen LogP contribution is 2.29. The van der Waals surface area contributed by atoms with Crippen LogP contribution in [0.25, 0.3) is 10.4 Å². The molecule has 0 aliphatic carbocycles. The molecule has 1 saturated heterocycles. The van der Waals surface area contributed by atoms with Crippen LogP contribution in [0.1, 0.15) is 57.8 Å². The standard InChI is InChI=1S/C30H44N4O7S/c1-19(21-7-9-22(10-8-21)26-20(2)31-18-42-26)32-28(38)24-15-23(36)16-34(24)29(39)27(30(3,4)5)33-25(37)17-41-13-6-12-40-14-11-35/h7-10,18-19,23-24,27,35-36H,6,11-17H2,1-5H3,(H,32,38)(H,33,37). The monoisotopic (exact) mass is 604 g/mol. The number of aliphatic hydroxyl groups excluding tert-OH is 2. The van der Waals surface area contributed by atoms with Crippen LogP contribution in [0.5, 0.6) is 0 Å². The van der Waals surface area contributed by atoms with Gasteiger partial charge >= 0.3 is 0 Å². The summed E-state index contributed by atoms with van der Waals surface area (Å²) in [7, 11) is 0. The van der Waals surface area contributed by atoms with Crippen LogP contribution in [0.15, 0.2) is 29.8 Å². The van der Waals surface area contributed by atoms with Gasteiger partial charge in [0.25, 0.3) is 0 Å². The van der Waals surface area contributed by atoms with E-state index in [1.807, 2.05) is 64.4 Å². The number of aromatic nitrogens is 1. The number of amides is 3. The van der Waals surface area contributed by atoms with Crippen molar-refractivity contribution < 1.29 is 34.1 Å². The van der Waals surface area contributed by atoms with E-state index in [0.29, 0.717) is 19.6 Å². The molecular formula is C30H44N4O7S. The van der Waals surface area contributed by atoms with E-state index in [9.17, 15) is 19.5 Å². The fraction of sp³-hybridized carbons (Fsp3) is 0.600. The normalized spacial score (nSPS) is 18.5. The summed E-state index contributed by atoms with van der Waals surface area (Å²) in [4.78, 5) is 46.6. The predicted molar refractivity (Wildman–Crippen MR) is 160 cm³/mol. The molecule has 42 heavy (non-hydrogen) atoms. The topological polar surface area (TPSA) is 150 Å². The van der Waals surface area contributed by atoms with E-state index in [0.717, 1.165) is 21.7 Å². The number of thiazole rings is 1. The quantitative estimate of drug-likeness (QED) is 0.240. The molecule has 4 N–H and O–H groups in total. The van der Waals surface area contributed by atoms with Crippen LogP contribution in [0.4, 0.5) is 0 Å². The molecule has 0 spiro atoms. The van der Waals surface area contributed by atoms with Crippen molar-refractivity contribution in [2.24, 2.45) is 5.41 Å². The van der Waals surface area contributed by atoms with Gasteiger partial charge in [0.1, 0.15) is 18.7 Å². The molecule has 1 aromatic heterocycles. The molecule has 1 fully saturated rings. The Balaban J connectivity index is 1.61. The van der Waals surface area contributed by atoms with Gasteiger partial charge in [-0.05, 0) is 36.8 Å². The summed E-state index contributed by atoms with van der Waals surface area (Å²) in [6.45, 7) is 9.99. The molecule has 0 bridgehead atoms. The van der Waals surface area contributed by atoms with Gasteiger partial charge in [0.05, 0.1) is 41.4 Å². The number of benzene rings is 1. The molecule has 232 valence electrons.